The van der Waals surface area contributed by atoms with Gasteiger partial charge in [-0.3, -0.25) is 14.6 Å². The van der Waals surface area contributed by atoms with Crippen molar-refractivity contribution in [3.63, 3.8) is 0 Å². The van der Waals surface area contributed by atoms with Gasteiger partial charge in [0.25, 0.3) is 11.8 Å². The summed E-state index contributed by atoms with van der Waals surface area (Å²) in [6.45, 7) is 4.48. The van der Waals surface area contributed by atoms with Crippen molar-refractivity contribution < 1.29 is 29.6 Å². The minimum Gasteiger partial charge on any atom is -0.507 e. The fraction of sp³-hybridized carbons (Fsp3) is 0.480. The van der Waals surface area contributed by atoms with Crippen molar-refractivity contribution in [1.29, 1.82) is 0 Å². The number of benzene rings is 1. The van der Waals surface area contributed by atoms with E-state index in [0.29, 0.717) is 17.9 Å². The minimum atomic E-state index is -1.45. The van der Waals surface area contributed by atoms with Crippen LogP contribution in [0.5, 0.6) is 11.5 Å². The molecule has 5 N–H and O–H groups in total. The van der Waals surface area contributed by atoms with Crippen molar-refractivity contribution in [2.75, 3.05) is 13.1 Å². The number of hydrogen-bond donors (Lipinski definition) is 5. The summed E-state index contributed by atoms with van der Waals surface area (Å²) in [6.07, 6.45) is 2.50. The Kier molecular flexibility index (Phi) is 5.29. The smallest absolute Gasteiger partial charge is 0.258 e. The summed E-state index contributed by atoms with van der Waals surface area (Å²) >= 11 is 0. The number of carbonyl (C=O) groups is 2. The summed E-state index contributed by atoms with van der Waals surface area (Å²) in [5.74, 6) is -0.862. The maximum Gasteiger partial charge on any atom is 0.258 e. The standard InChI is InChI=1S/C25H29N3O6/c1-24(2)14-10-17(24)25(33)18(11-14)34-20-15(21(25)30)5-6-16(29)19(20)23(32)28-9-8-27-22(31)13-4-3-7-26-12-13/h3-7,12,14,17-18,21,29-30,33H,8-11H2,1-2H3,(H,27,31)(H,28,32)/t14-,17-,18-,21+,25-/m1/s1. The molecule has 34 heavy (non-hydrogen) atoms. The maximum absolute atomic E-state index is 13.0. The number of aromatic nitrogens is 1. The molecule has 0 radical (unpaired) electrons. The van der Waals surface area contributed by atoms with Gasteiger partial charge < -0.3 is 30.7 Å². The number of ether oxygens (including phenoxy) is 1. The lowest BCUT2D eigenvalue weighted by Crippen LogP contribution is -2.72. The van der Waals surface area contributed by atoms with Crippen molar-refractivity contribution in [2.24, 2.45) is 17.3 Å². The van der Waals surface area contributed by atoms with Gasteiger partial charge in [-0.1, -0.05) is 13.8 Å². The Morgan fingerprint density at radius 1 is 1.15 bits per heavy atom. The molecule has 2 bridgehead atoms. The van der Waals surface area contributed by atoms with E-state index in [4.69, 9.17) is 4.74 Å². The van der Waals surface area contributed by atoms with Gasteiger partial charge in [-0.25, -0.2) is 0 Å². The van der Waals surface area contributed by atoms with Crippen molar-refractivity contribution in [1.82, 2.24) is 15.6 Å². The SMILES string of the molecule is CC1(C)[C@@H]2C[C@H]1[C@@]1(O)[C@@H](C2)Oc2c(ccc(O)c2C(=O)NCCNC(=O)c2cccnc2)[C@@H]1O. The second kappa shape index (κ2) is 7.95. The molecule has 0 spiro atoms. The molecule has 0 unspecified atom stereocenters. The van der Waals surface area contributed by atoms with E-state index in [2.05, 4.69) is 29.5 Å². The van der Waals surface area contributed by atoms with Crippen LogP contribution in [0.15, 0.2) is 36.7 Å². The number of pyridine rings is 1. The van der Waals surface area contributed by atoms with Crippen molar-refractivity contribution >= 4 is 11.8 Å². The third kappa shape index (κ3) is 3.25. The zero-order chi connectivity index (χ0) is 24.3. The predicted molar refractivity (Wildman–Crippen MR) is 121 cm³/mol. The van der Waals surface area contributed by atoms with Crippen LogP contribution >= 0.6 is 0 Å². The second-order valence-electron chi connectivity index (χ2n) is 10.1. The zero-order valence-electron chi connectivity index (χ0n) is 19.1. The van der Waals surface area contributed by atoms with Crippen LogP contribution in [-0.2, 0) is 0 Å². The van der Waals surface area contributed by atoms with E-state index >= 15 is 0 Å². The summed E-state index contributed by atoms with van der Waals surface area (Å²) in [5.41, 5.74) is -0.951. The molecule has 1 aromatic heterocycles. The Morgan fingerprint density at radius 2 is 1.88 bits per heavy atom. The number of aromatic hydroxyl groups is 1. The van der Waals surface area contributed by atoms with Gasteiger partial charge in [0.1, 0.15) is 34.9 Å². The van der Waals surface area contributed by atoms with Gasteiger partial charge in [-0.2, -0.15) is 0 Å². The van der Waals surface area contributed by atoms with E-state index in [1.807, 2.05) is 0 Å². The summed E-state index contributed by atoms with van der Waals surface area (Å²) in [5, 5.41) is 38.6. The number of hydrogen-bond acceptors (Lipinski definition) is 7. The Hall–Kier alpha value is -3.17. The second-order valence-corrected chi connectivity index (χ2v) is 10.1. The Labute approximate surface area is 197 Å². The molecule has 3 fully saturated rings. The molecule has 9 heteroatoms. The number of rotatable bonds is 5. The summed E-state index contributed by atoms with van der Waals surface area (Å²) in [7, 11) is 0. The summed E-state index contributed by atoms with van der Waals surface area (Å²) in [4.78, 5) is 29.0. The molecule has 0 saturated heterocycles. The molecule has 1 aromatic carbocycles. The number of amides is 2. The quantitative estimate of drug-likeness (QED) is 0.420. The third-order valence-corrected chi connectivity index (χ3v) is 8.05. The van der Waals surface area contributed by atoms with Crippen LogP contribution in [0.1, 0.15) is 59.1 Å². The fourth-order valence-electron chi connectivity index (χ4n) is 5.96. The highest BCUT2D eigenvalue weighted by Crippen LogP contribution is 2.67. The van der Waals surface area contributed by atoms with E-state index in [1.54, 1.807) is 18.3 Å². The van der Waals surface area contributed by atoms with Gasteiger partial charge >= 0.3 is 0 Å². The van der Waals surface area contributed by atoms with Crippen LogP contribution in [-0.4, -0.2) is 56.9 Å². The molecule has 2 amide bonds. The van der Waals surface area contributed by atoms with Crippen LogP contribution in [0.25, 0.3) is 0 Å². The Balaban J connectivity index is 1.31. The highest BCUT2D eigenvalue weighted by molar-refractivity contribution is 6.00. The molecule has 9 nitrogen and oxygen atoms in total. The zero-order valence-corrected chi connectivity index (χ0v) is 19.1. The van der Waals surface area contributed by atoms with Gasteiger partial charge in [0.2, 0.25) is 0 Å². The molecular weight excluding hydrogens is 438 g/mol. The van der Waals surface area contributed by atoms with Gasteiger partial charge in [0, 0.05) is 31.0 Å². The highest BCUT2D eigenvalue weighted by Gasteiger charge is 2.69. The van der Waals surface area contributed by atoms with Crippen LogP contribution in [0, 0.1) is 17.3 Å². The molecule has 6 rings (SSSR count). The van der Waals surface area contributed by atoms with Gasteiger partial charge in [-0.05, 0) is 54.4 Å². The molecule has 5 atom stereocenters. The van der Waals surface area contributed by atoms with E-state index in [-0.39, 0.29) is 53.0 Å². The first-order valence-corrected chi connectivity index (χ1v) is 11.5. The van der Waals surface area contributed by atoms with E-state index in [0.717, 1.165) is 6.42 Å². The lowest BCUT2D eigenvalue weighted by Gasteiger charge is -2.67. The number of carbonyl (C=O) groups excluding carboxylic acids is 2. The van der Waals surface area contributed by atoms with Gasteiger partial charge in [0.15, 0.2) is 0 Å². The molecule has 1 aliphatic heterocycles. The maximum atomic E-state index is 13.0. The summed E-state index contributed by atoms with van der Waals surface area (Å²) in [6, 6.07) is 6.11. The van der Waals surface area contributed by atoms with Crippen LogP contribution in [0.2, 0.25) is 0 Å². The van der Waals surface area contributed by atoms with E-state index < -0.39 is 23.7 Å². The molecule has 3 aliphatic carbocycles. The number of phenolic OH excluding ortho intramolecular Hbond substituents is 1. The number of aliphatic hydroxyl groups excluding tert-OH is 1. The largest absolute Gasteiger partial charge is 0.507 e. The van der Waals surface area contributed by atoms with Crippen molar-refractivity contribution in [3.8, 4) is 11.5 Å². The average Bonchev–Trinajstić information content (AvgIpc) is 2.82. The van der Waals surface area contributed by atoms with Gasteiger partial charge in [-0.15, -0.1) is 0 Å². The van der Waals surface area contributed by atoms with E-state index in [9.17, 15) is 24.9 Å². The third-order valence-electron chi connectivity index (χ3n) is 8.05. The lowest BCUT2D eigenvalue weighted by atomic mass is 9.42. The Morgan fingerprint density at radius 3 is 2.56 bits per heavy atom. The van der Waals surface area contributed by atoms with Crippen molar-refractivity contribution in [2.45, 2.75) is 44.5 Å². The first kappa shape index (κ1) is 22.6. The van der Waals surface area contributed by atoms with Gasteiger partial charge in [0.05, 0.1) is 5.56 Å². The van der Waals surface area contributed by atoms with Crippen molar-refractivity contribution in [3.05, 3.63) is 53.3 Å². The molecule has 3 saturated carbocycles. The lowest BCUT2D eigenvalue weighted by molar-refractivity contribution is -0.289. The normalized spacial score (nSPS) is 30.1. The fourth-order valence-corrected chi connectivity index (χ4v) is 5.96. The molecular formula is C25H29N3O6. The molecule has 2 heterocycles. The van der Waals surface area contributed by atoms with Crippen LogP contribution in [0.4, 0.5) is 0 Å². The highest BCUT2D eigenvalue weighted by atomic mass is 16.5. The first-order valence-electron chi connectivity index (χ1n) is 11.5. The van der Waals surface area contributed by atoms with Crippen LogP contribution < -0.4 is 15.4 Å². The first-order chi connectivity index (χ1) is 16.2. The minimum absolute atomic E-state index is 0.0873. The molecule has 180 valence electrons. The average molecular weight is 468 g/mol. The monoisotopic (exact) mass is 467 g/mol. The number of fused-ring (bicyclic) bond motifs is 1. The van der Waals surface area contributed by atoms with Crippen LogP contribution in [0.3, 0.4) is 0 Å². The number of nitrogens with one attached hydrogen (secondary N) is 2. The molecule has 4 aliphatic rings. The summed E-state index contributed by atoms with van der Waals surface area (Å²) < 4.78 is 6.13. The predicted octanol–water partition coefficient (Wildman–Crippen LogP) is 1.54. The number of phenols is 1. The number of nitrogens with zero attached hydrogens (tertiary/aromatic N) is 1. The number of aliphatic hydroxyl groups is 2. The Bertz CT molecular complexity index is 1140. The molecule has 2 aromatic rings. The topological polar surface area (TPSA) is 141 Å². The van der Waals surface area contributed by atoms with E-state index in [1.165, 1.54) is 18.3 Å².